The predicted molar refractivity (Wildman–Crippen MR) is 105 cm³/mol. The number of nitrogens with one attached hydrogen (secondary N) is 2. The number of hydrogen-bond donors (Lipinski definition) is 2. The van der Waals surface area contributed by atoms with Gasteiger partial charge in [-0.1, -0.05) is 11.6 Å². The van der Waals surface area contributed by atoms with Gasteiger partial charge in [0.1, 0.15) is 10.2 Å². The molecule has 0 unspecified atom stereocenters. The highest BCUT2D eigenvalue weighted by Crippen LogP contribution is 2.32. The molecule has 0 spiro atoms. The summed E-state index contributed by atoms with van der Waals surface area (Å²) in [7, 11) is 0. The van der Waals surface area contributed by atoms with Gasteiger partial charge in [-0.25, -0.2) is 4.79 Å². The van der Waals surface area contributed by atoms with Gasteiger partial charge < -0.3 is 19.8 Å². The number of piperidine rings is 1. The molecule has 0 radical (unpaired) electrons. The molecule has 2 aromatic heterocycles. The molecule has 1 aliphatic heterocycles. The number of alkyl carbamates (subject to hydrolysis) is 1. The van der Waals surface area contributed by atoms with Crippen molar-refractivity contribution >= 4 is 44.8 Å². The number of halogens is 1. The summed E-state index contributed by atoms with van der Waals surface area (Å²) in [6.07, 6.45) is 1.02. The lowest BCUT2D eigenvalue weighted by Gasteiger charge is -2.39. The van der Waals surface area contributed by atoms with Gasteiger partial charge in [0, 0.05) is 18.6 Å². The summed E-state index contributed by atoms with van der Waals surface area (Å²) >= 11 is 3.33. The Morgan fingerprint density at radius 3 is 2.63 bits per heavy atom. The second-order valence-corrected chi connectivity index (χ2v) is 8.66. The summed E-state index contributed by atoms with van der Waals surface area (Å²) in [6.45, 7) is 16.2. The molecule has 0 atom stereocenters. The summed E-state index contributed by atoms with van der Waals surface area (Å²) < 4.78 is 5.96. The van der Waals surface area contributed by atoms with Crippen LogP contribution in [0.2, 0.25) is 0 Å². The highest BCUT2D eigenvalue weighted by molar-refractivity contribution is 9.10. The van der Waals surface area contributed by atoms with Gasteiger partial charge in [0.25, 0.3) is 5.82 Å². The highest BCUT2D eigenvalue weighted by Gasteiger charge is 2.35. The van der Waals surface area contributed by atoms with E-state index in [1.165, 1.54) is 0 Å². The molecular weight excluding hydrogens is 414 g/mol. The Morgan fingerprint density at radius 2 is 2.04 bits per heavy atom. The first kappa shape index (κ1) is 19.4. The van der Waals surface area contributed by atoms with Crippen LogP contribution in [-0.2, 0) is 4.74 Å². The predicted octanol–water partition coefficient (Wildman–Crippen LogP) is 3.55. The van der Waals surface area contributed by atoms with Crippen molar-refractivity contribution in [2.75, 3.05) is 18.0 Å². The van der Waals surface area contributed by atoms with E-state index in [1.54, 1.807) is 0 Å². The van der Waals surface area contributed by atoms with E-state index < -0.39 is 11.7 Å². The number of carbonyl (C=O) groups excluding carboxylic acids is 1. The Labute approximate surface area is 165 Å². The van der Waals surface area contributed by atoms with Crippen molar-refractivity contribution in [1.29, 1.82) is 0 Å². The number of H-pyrrole nitrogens is 1. The van der Waals surface area contributed by atoms with Crippen molar-refractivity contribution in [3.63, 3.8) is 0 Å². The average Bonchev–Trinajstić information content (AvgIpc) is 2.94. The van der Waals surface area contributed by atoms with Gasteiger partial charge in [-0.15, -0.1) is 0 Å². The molecule has 2 aromatic rings. The maximum absolute atomic E-state index is 12.1. The SMILES string of the molecule is [C-]#[N+]c1nc(N2CCC(C)(NC(=O)OC(C)(C)C)CC2)nc2n[nH]c(Br)c12. The molecule has 3 rings (SSSR count). The quantitative estimate of drug-likeness (QED) is 0.699. The maximum Gasteiger partial charge on any atom is 0.408 e. The average molecular weight is 436 g/mol. The second-order valence-electron chi connectivity index (χ2n) is 7.87. The monoisotopic (exact) mass is 435 g/mol. The Kier molecular flexibility index (Phi) is 4.99. The summed E-state index contributed by atoms with van der Waals surface area (Å²) in [5, 5.41) is 10.5. The molecule has 27 heavy (non-hydrogen) atoms. The number of hydrogen-bond acceptors (Lipinski definition) is 6. The maximum atomic E-state index is 12.1. The lowest BCUT2D eigenvalue weighted by molar-refractivity contribution is 0.0448. The Bertz CT molecular complexity index is 904. The van der Waals surface area contributed by atoms with E-state index in [0.29, 0.717) is 47.5 Å². The summed E-state index contributed by atoms with van der Waals surface area (Å²) in [4.78, 5) is 26.5. The molecule has 0 aliphatic carbocycles. The van der Waals surface area contributed by atoms with Crippen LogP contribution in [0.25, 0.3) is 15.9 Å². The fraction of sp³-hybridized carbons (Fsp3) is 0.588. The lowest BCUT2D eigenvalue weighted by atomic mass is 9.90. The van der Waals surface area contributed by atoms with Crippen molar-refractivity contribution in [1.82, 2.24) is 25.5 Å². The molecule has 10 heteroatoms. The number of aromatic nitrogens is 4. The van der Waals surface area contributed by atoms with E-state index in [0.717, 1.165) is 0 Å². The highest BCUT2D eigenvalue weighted by atomic mass is 79.9. The minimum Gasteiger partial charge on any atom is -0.444 e. The van der Waals surface area contributed by atoms with Gasteiger partial charge in [0.2, 0.25) is 0 Å². The number of rotatable bonds is 2. The van der Waals surface area contributed by atoms with Gasteiger partial charge in [0.15, 0.2) is 5.65 Å². The fourth-order valence-corrected chi connectivity index (χ4v) is 3.40. The Morgan fingerprint density at radius 1 is 1.37 bits per heavy atom. The van der Waals surface area contributed by atoms with Crippen LogP contribution in [0.5, 0.6) is 0 Å². The molecule has 1 aliphatic rings. The first-order chi connectivity index (χ1) is 12.6. The summed E-state index contributed by atoms with van der Waals surface area (Å²) in [5.74, 6) is 0.739. The normalized spacial score (nSPS) is 16.8. The van der Waals surface area contributed by atoms with Crippen LogP contribution in [0, 0.1) is 6.57 Å². The Hall–Kier alpha value is -2.41. The number of nitrogens with zero attached hydrogens (tertiary/aromatic N) is 5. The van der Waals surface area contributed by atoms with Crippen LogP contribution in [0.15, 0.2) is 4.60 Å². The molecule has 1 amide bonds. The molecule has 1 fully saturated rings. The molecule has 1 saturated heterocycles. The van der Waals surface area contributed by atoms with Crippen molar-refractivity contribution in [3.8, 4) is 0 Å². The number of aromatic amines is 1. The van der Waals surface area contributed by atoms with Crippen molar-refractivity contribution in [2.24, 2.45) is 0 Å². The standard InChI is InChI=1S/C17H22BrN7O2/c1-16(2,3)27-15(26)22-17(4)6-8-25(9-7-17)14-20-12(19-5)10-11(18)23-24-13(10)21-14/h6-9H2,1-4H3,(H,22,26)(H,20,21,23,24). The molecule has 0 aromatic carbocycles. The molecule has 2 N–H and O–H groups in total. The smallest absolute Gasteiger partial charge is 0.408 e. The van der Waals surface area contributed by atoms with Gasteiger partial charge in [-0.3, -0.25) is 5.10 Å². The zero-order valence-electron chi connectivity index (χ0n) is 15.8. The van der Waals surface area contributed by atoms with Crippen molar-refractivity contribution < 1.29 is 9.53 Å². The first-order valence-corrected chi connectivity index (χ1v) is 9.45. The van der Waals surface area contributed by atoms with E-state index in [4.69, 9.17) is 11.3 Å². The number of fused-ring (bicyclic) bond motifs is 1. The third-order valence-electron chi connectivity index (χ3n) is 4.40. The third kappa shape index (κ3) is 4.30. The van der Waals surface area contributed by atoms with Gasteiger partial charge >= 0.3 is 12.0 Å². The van der Waals surface area contributed by atoms with E-state index in [2.05, 4.69) is 46.3 Å². The number of ether oxygens (including phenoxy) is 1. The van der Waals surface area contributed by atoms with Gasteiger partial charge in [-0.05, 0) is 56.5 Å². The molecule has 144 valence electrons. The summed E-state index contributed by atoms with van der Waals surface area (Å²) in [5.41, 5.74) is -0.433. The lowest BCUT2D eigenvalue weighted by Crippen LogP contribution is -2.54. The fourth-order valence-electron chi connectivity index (χ4n) is 2.96. The van der Waals surface area contributed by atoms with Crippen molar-refractivity contribution in [3.05, 3.63) is 16.0 Å². The van der Waals surface area contributed by atoms with E-state index in [9.17, 15) is 4.79 Å². The topological polar surface area (TPSA) is 100 Å². The Balaban J connectivity index is 1.71. The number of amides is 1. The number of anilines is 1. The van der Waals surface area contributed by atoms with Crippen molar-refractivity contribution in [2.45, 2.75) is 51.7 Å². The molecular formula is C17H22BrN7O2. The van der Waals surface area contributed by atoms with Gasteiger partial charge in [0.05, 0.1) is 5.39 Å². The van der Waals surface area contributed by atoms with Crippen LogP contribution in [0.4, 0.5) is 16.6 Å². The largest absolute Gasteiger partial charge is 0.444 e. The van der Waals surface area contributed by atoms with E-state index in [1.807, 2.05) is 32.6 Å². The minimum atomic E-state index is -0.529. The van der Waals surface area contributed by atoms with Crippen LogP contribution >= 0.6 is 15.9 Å². The molecule has 0 saturated carbocycles. The van der Waals surface area contributed by atoms with E-state index >= 15 is 0 Å². The van der Waals surface area contributed by atoms with Crippen LogP contribution in [-0.4, -0.2) is 50.5 Å². The van der Waals surface area contributed by atoms with Crippen LogP contribution in [0.1, 0.15) is 40.5 Å². The van der Waals surface area contributed by atoms with Crippen LogP contribution < -0.4 is 10.2 Å². The third-order valence-corrected chi connectivity index (χ3v) is 4.97. The van der Waals surface area contributed by atoms with Gasteiger partial charge in [-0.2, -0.15) is 10.1 Å². The molecule has 9 nitrogen and oxygen atoms in total. The first-order valence-electron chi connectivity index (χ1n) is 8.65. The molecule has 3 heterocycles. The number of carbonyl (C=O) groups is 1. The second kappa shape index (κ2) is 6.96. The summed E-state index contributed by atoms with van der Waals surface area (Å²) in [6, 6.07) is 0. The minimum absolute atomic E-state index is 0.260. The zero-order chi connectivity index (χ0) is 19.8. The van der Waals surface area contributed by atoms with E-state index in [-0.39, 0.29) is 11.4 Å². The zero-order valence-corrected chi connectivity index (χ0v) is 17.3. The molecule has 0 bridgehead atoms. The van der Waals surface area contributed by atoms with Crippen LogP contribution in [0.3, 0.4) is 0 Å².